The van der Waals surface area contributed by atoms with Gasteiger partial charge in [0.15, 0.2) is 0 Å². The molecule has 0 saturated heterocycles. The summed E-state index contributed by atoms with van der Waals surface area (Å²) < 4.78 is 2.35. The van der Waals surface area contributed by atoms with Crippen LogP contribution >= 0.6 is 0 Å². The van der Waals surface area contributed by atoms with Crippen LogP contribution < -0.4 is 0 Å². The van der Waals surface area contributed by atoms with Crippen LogP contribution in [0.5, 0.6) is 0 Å². The van der Waals surface area contributed by atoms with Gasteiger partial charge in [-0.3, -0.25) is 0 Å². The van der Waals surface area contributed by atoms with Crippen molar-refractivity contribution in [3.63, 3.8) is 0 Å². The van der Waals surface area contributed by atoms with Gasteiger partial charge < -0.3 is 4.40 Å². The van der Waals surface area contributed by atoms with Gasteiger partial charge in [0.2, 0.25) is 0 Å². The monoisotopic (exact) mass is 358 g/mol. The van der Waals surface area contributed by atoms with Gasteiger partial charge in [-0.2, -0.15) is 0 Å². The second-order valence-electron chi connectivity index (χ2n) is 9.40. The van der Waals surface area contributed by atoms with Crippen LogP contribution in [-0.2, 0) is 6.42 Å². The zero-order chi connectivity index (χ0) is 18.6. The fourth-order valence-corrected chi connectivity index (χ4v) is 5.55. The van der Waals surface area contributed by atoms with Gasteiger partial charge in [-0.1, -0.05) is 49.7 Å². The van der Waals surface area contributed by atoms with Crippen LogP contribution in [0.3, 0.4) is 0 Å². The first-order valence-electron chi connectivity index (χ1n) is 10.6. The Morgan fingerprint density at radius 2 is 1.96 bits per heavy atom. The molecule has 2 heteroatoms. The summed E-state index contributed by atoms with van der Waals surface area (Å²) in [5, 5.41) is 0. The summed E-state index contributed by atoms with van der Waals surface area (Å²) in [7, 11) is 0. The van der Waals surface area contributed by atoms with Crippen molar-refractivity contribution >= 4 is 5.52 Å². The van der Waals surface area contributed by atoms with E-state index in [0.717, 1.165) is 11.8 Å². The molecule has 2 aromatic heterocycles. The molecule has 0 spiro atoms. The van der Waals surface area contributed by atoms with E-state index < -0.39 is 0 Å². The van der Waals surface area contributed by atoms with Crippen LogP contribution in [0.15, 0.2) is 48.9 Å². The maximum absolute atomic E-state index is 4.41. The molecule has 1 aromatic carbocycles. The van der Waals surface area contributed by atoms with E-state index in [1.807, 2.05) is 12.5 Å². The Bertz CT molecular complexity index is 966. The van der Waals surface area contributed by atoms with Crippen molar-refractivity contribution in [3.8, 4) is 0 Å². The number of benzene rings is 1. The lowest BCUT2D eigenvalue weighted by Gasteiger charge is -2.30. The molecule has 2 aliphatic carbocycles. The summed E-state index contributed by atoms with van der Waals surface area (Å²) in [4.78, 5) is 4.41. The molecule has 3 atom stereocenters. The Kier molecular flexibility index (Phi) is 3.93. The van der Waals surface area contributed by atoms with Crippen molar-refractivity contribution in [1.82, 2.24) is 9.38 Å². The Hall–Kier alpha value is -2.09. The van der Waals surface area contributed by atoms with Gasteiger partial charge >= 0.3 is 0 Å². The number of aromatic nitrogens is 2. The number of hydrogen-bond donors (Lipinski definition) is 0. The molecule has 2 saturated carbocycles. The van der Waals surface area contributed by atoms with Crippen LogP contribution in [0.2, 0.25) is 0 Å². The molecule has 27 heavy (non-hydrogen) atoms. The molecular formula is C25H30N2. The molecular weight excluding hydrogens is 328 g/mol. The molecule has 0 bridgehead atoms. The Balaban J connectivity index is 1.39. The van der Waals surface area contributed by atoms with Gasteiger partial charge in [-0.05, 0) is 79.4 Å². The van der Waals surface area contributed by atoms with Crippen molar-refractivity contribution in [2.45, 2.75) is 64.7 Å². The van der Waals surface area contributed by atoms with Crippen LogP contribution in [0, 0.1) is 18.3 Å². The van der Waals surface area contributed by atoms with E-state index in [2.05, 4.69) is 66.6 Å². The smallest absolute Gasteiger partial charge is 0.0994 e. The predicted molar refractivity (Wildman–Crippen MR) is 111 cm³/mol. The lowest BCUT2D eigenvalue weighted by Crippen LogP contribution is -2.20. The summed E-state index contributed by atoms with van der Waals surface area (Å²) in [5.41, 5.74) is 7.71. The number of aryl methyl sites for hydroxylation is 1. The molecule has 2 nitrogen and oxygen atoms in total. The molecule has 2 fully saturated rings. The second-order valence-corrected chi connectivity index (χ2v) is 9.40. The average Bonchev–Trinajstić information content (AvgIpc) is 3.15. The number of hydrogen-bond acceptors (Lipinski definition) is 1. The van der Waals surface area contributed by atoms with E-state index >= 15 is 0 Å². The van der Waals surface area contributed by atoms with E-state index in [-0.39, 0.29) is 0 Å². The molecule has 1 unspecified atom stereocenters. The fourth-order valence-electron chi connectivity index (χ4n) is 5.55. The molecule has 3 aromatic rings. The van der Waals surface area contributed by atoms with E-state index in [1.54, 1.807) is 5.56 Å². The summed E-state index contributed by atoms with van der Waals surface area (Å²) >= 11 is 0. The van der Waals surface area contributed by atoms with Crippen LogP contribution in [0.25, 0.3) is 5.52 Å². The molecule has 5 rings (SSSR count). The first kappa shape index (κ1) is 17.0. The van der Waals surface area contributed by atoms with Crippen molar-refractivity contribution < 1.29 is 0 Å². The van der Waals surface area contributed by atoms with Gasteiger partial charge in [0.25, 0.3) is 0 Å². The molecule has 0 N–H and O–H groups in total. The molecule has 2 aliphatic rings. The zero-order valence-corrected chi connectivity index (χ0v) is 16.8. The molecule has 0 radical (unpaired) electrons. The maximum Gasteiger partial charge on any atom is 0.0994 e. The third kappa shape index (κ3) is 2.90. The number of fused-ring (bicyclic) bond motifs is 2. The van der Waals surface area contributed by atoms with Crippen LogP contribution in [0.4, 0.5) is 0 Å². The van der Waals surface area contributed by atoms with Gasteiger partial charge in [-0.25, -0.2) is 4.98 Å². The highest BCUT2D eigenvalue weighted by Crippen LogP contribution is 2.65. The Morgan fingerprint density at radius 1 is 1.15 bits per heavy atom. The van der Waals surface area contributed by atoms with Gasteiger partial charge in [0, 0.05) is 5.69 Å². The first-order chi connectivity index (χ1) is 13.1. The summed E-state index contributed by atoms with van der Waals surface area (Å²) in [6.07, 6.45) is 10.7. The molecule has 0 aliphatic heterocycles. The van der Waals surface area contributed by atoms with Gasteiger partial charge in [-0.15, -0.1) is 0 Å². The maximum atomic E-state index is 4.41. The topological polar surface area (TPSA) is 17.3 Å². The van der Waals surface area contributed by atoms with Crippen LogP contribution in [-0.4, -0.2) is 9.38 Å². The number of pyridine rings is 1. The second kappa shape index (κ2) is 6.22. The normalized spacial score (nSPS) is 27.1. The number of imidazole rings is 1. The van der Waals surface area contributed by atoms with Gasteiger partial charge in [0.1, 0.15) is 0 Å². The van der Waals surface area contributed by atoms with Gasteiger partial charge in [0.05, 0.1) is 18.0 Å². The van der Waals surface area contributed by atoms with Crippen molar-refractivity contribution in [2.75, 3.05) is 0 Å². The Morgan fingerprint density at radius 3 is 2.70 bits per heavy atom. The van der Waals surface area contributed by atoms with E-state index in [4.69, 9.17) is 0 Å². The third-order valence-corrected chi connectivity index (χ3v) is 7.33. The minimum atomic E-state index is 0.545. The van der Waals surface area contributed by atoms with E-state index in [0.29, 0.717) is 11.3 Å². The first-order valence-corrected chi connectivity index (χ1v) is 10.6. The van der Waals surface area contributed by atoms with E-state index in [9.17, 15) is 0 Å². The third-order valence-electron chi connectivity index (χ3n) is 7.33. The Labute approximate surface area is 162 Å². The molecule has 2 heterocycles. The molecule has 140 valence electrons. The zero-order valence-electron chi connectivity index (χ0n) is 16.8. The minimum absolute atomic E-state index is 0.545. The quantitative estimate of drug-likeness (QED) is 0.536. The van der Waals surface area contributed by atoms with Crippen molar-refractivity contribution in [2.24, 2.45) is 11.3 Å². The van der Waals surface area contributed by atoms with Crippen molar-refractivity contribution in [3.05, 3.63) is 71.3 Å². The SMILES string of the molecule is Cc1ccc([C@@H]2CCC3(Cc4c(C(C)C)ccc5cncn45)C[C@H]3C2)cc1. The summed E-state index contributed by atoms with van der Waals surface area (Å²) in [5.74, 6) is 2.22. The highest BCUT2D eigenvalue weighted by atomic mass is 15.0. The standard InChI is InChI=1S/C25H30N2/c1-17(2)23-9-8-22-15-26-16-27(22)24(23)14-25-11-10-20(12-21(25)13-25)19-6-4-18(3)5-7-19/h4-9,15-17,20-21H,10-14H2,1-3H3/t20-,21-,25?/m1/s1. The number of nitrogens with zero attached hydrogens (tertiary/aromatic N) is 2. The largest absolute Gasteiger partial charge is 0.303 e. The molecule has 0 amide bonds. The summed E-state index contributed by atoms with van der Waals surface area (Å²) in [6.45, 7) is 6.81. The highest BCUT2D eigenvalue weighted by Gasteiger charge is 2.56. The van der Waals surface area contributed by atoms with Crippen LogP contribution in [0.1, 0.15) is 73.8 Å². The predicted octanol–water partition coefficient (Wildman–Crippen LogP) is 6.28. The minimum Gasteiger partial charge on any atom is -0.303 e. The summed E-state index contributed by atoms with van der Waals surface area (Å²) in [6, 6.07) is 13.8. The average molecular weight is 359 g/mol. The lowest BCUT2D eigenvalue weighted by molar-refractivity contribution is 0.303. The van der Waals surface area contributed by atoms with Crippen molar-refractivity contribution in [1.29, 1.82) is 0 Å². The lowest BCUT2D eigenvalue weighted by atomic mass is 9.76. The van der Waals surface area contributed by atoms with E-state index in [1.165, 1.54) is 54.4 Å². The highest BCUT2D eigenvalue weighted by molar-refractivity contribution is 5.49. The fraction of sp³-hybridized carbons (Fsp3) is 0.480. The number of rotatable bonds is 4.